The van der Waals surface area contributed by atoms with Gasteiger partial charge in [-0.1, -0.05) is 6.07 Å². The van der Waals surface area contributed by atoms with E-state index in [-0.39, 0.29) is 18.8 Å². The number of carbonyl (C=O) groups is 1. The lowest BCUT2D eigenvalue weighted by Gasteiger charge is -2.29. The number of aromatic amines is 1. The minimum Gasteiger partial charge on any atom is -0.373 e. The molecule has 2 aromatic rings. The summed E-state index contributed by atoms with van der Waals surface area (Å²) in [6, 6.07) is 3.40. The number of aromatic nitrogens is 3. The first-order chi connectivity index (χ1) is 11.9. The Labute approximate surface area is 142 Å². The highest BCUT2D eigenvalue weighted by Gasteiger charge is 2.36. The summed E-state index contributed by atoms with van der Waals surface area (Å²) in [6.07, 6.45) is 1.61. The zero-order chi connectivity index (χ0) is 18.0. The number of aryl methyl sites for hydroxylation is 1. The zero-order valence-corrected chi connectivity index (χ0v) is 13.6. The van der Waals surface area contributed by atoms with Gasteiger partial charge in [-0.05, 0) is 24.5 Å². The van der Waals surface area contributed by atoms with E-state index in [1.807, 2.05) is 0 Å². The van der Waals surface area contributed by atoms with Crippen LogP contribution >= 0.6 is 0 Å². The SMILES string of the molecule is Cn1nc(C(=O)NC[C@]2(Cc3ccc(F)cc3F)CCCO2)[nH]c1=O. The van der Waals surface area contributed by atoms with Crippen LogP contribution in [-0.2, 0) is 18.2 Å². The number of rotatable bonds is 5. The molecular weight excluding hydrogens is 334 g/mol. The van der Waals surface area contributed by atoms with Gasteiger partial charge >= 0.3 is 5.69 Å². The van der Waals surface area contributed by atoms with Crippen molar-refractivity contribution in [2.45, 2.75) is 24.9 Å². The Kier molecular flexibility index (Phi) is 4.67. The molecule has 1 fully saturated rings. The van der Waals surface area contributed by atoms with Crippen molar-refractivity contribution < 1.29 is 18.3 Å². The van der Waals surface area contributed by atoms with Crippen molar-refractivity contribution in [2.24, 2.45) is 7.05 Å². The Balaban J connectivity index is 1.72. The number of amides is 1. The molecule has 7 nitrogen and oxygen atoms in total. The van der Waals surface area contributed by atoms with Gasteiger partial charge in [0.2, 0.25) is 5.82 Å². The van der Waals surface area contributed by atoms with Crippen molar-refractivity contribution in [2.75, 3.05) is 13.2 Å². The van der Waals surface area contributed by atoms with Gasteiger partial charge in [0.05, 0.1) is 5.60 Å². The smallest absolute Gasteiger partial charge is 0.343 e. The molecule has 1 aromatic heterocycles. The summed E-state index contributed by atoms with van der Waals surface area (Å²) < 4.78 is 33.8. The fourth-order valence-corrected chi connectivity index (χ4v) is 2.94. The normalized spacial score (nSPS) is 20.0. The van der Waals surface area contributed by atoms with Crippen LogP contribution in [0, 0.1) is 11.6 Å². The van der Waals surface area contributed by atoms with Gasteiger partial charge in [-0.3, -0.25) is 9.78 Å². The molecule has 1 saturated heterocycles. The third-order valence-corrected chi connectivity index (χ3v) is 4.27. The fourth-order valence-electron chi connectivity index (χ4n) is 2.94. The van der Waals surface area contributed by atoms with Crippen molar-refractivity contribution >= 4 is 5.91 Å². The summed E-state index contributed by atoms with van der Waals surface area (Å²) in [5.41, 5.74) is -0.946. The van der Waals surface area contributed by atoms with Crippen molar-refractivity contribution in [1.82, 2.24) is 20.1 Å². The van der Waals surface area contributed by atoms with Crippen LogP contribution in [0.2, 0.25) is 0 Å². The first-order valence-corrected chi connectivity index (χ1v) is 7.88. The Hall–Kier alpha value is -2.55. The van der Waals surface area contributed by atoms with Crippen LogP contribution in [0.3, 0.4) is 0 Å². The van der Waals surface area contributed by atoms with Gasteiger partial charge in [0.15, 0.2) is 0 Å². The highest BCUT2D eigenvalue weighted by Crippen LogP contribution is 2.30. The Morgan fingerprint density at radius 1 is 1.48 bits per heavy atom. The van der Waals surface area contributed by atoms with Crippen LogP contribution < -0.4 is 11.0 Å². The van der Waals surface area contributed by atoms with Crippen LogP contribution in [0.1, 0.15) is 29.0 Å². The molecule has 1 aliphatic rings. The van der Waals surface area contributed by atoms with E-state index in [0.29, 0.717) is 18.6 Å². The number of nitrogens with one attached hydrogen (secondary N) is 2. The second-order valence-corrected chi connectivity index (χ2v) is 6.13. The molecule has 0 saturated carbocycles. The predicted octanol–water partition coefficient (Wildman–Crippen LogP) is 0.908. The summed E-state index contributed by atoms with van der Waals surface area (Å²) in [6.45, 7) is 0.625. The number of halogens is 2. The zero-order valence-electron chi connectivity index (χ0n) is 13.6. The first kappa shape index (κ1) is 17.3. The second-order valence-electron chi connectivity index (χ2n) is 6.13. The number of H-pyrrole nitrogens is 1. The minimum atomic E-state index is -0.774. The maximum absolute atomic E-state index is 13.9. The summed E-state index contributed by atoms with van der Waals surface area (Å²) in [5.74, 6) is -1.94. The fraction of sp³-hybridized carbons (Fsp3) is 0.438. The van der Waals surface area contributed by atoms with Crippen LogP contribution in [0.5, 0.6) is 0 Å². The number of benzene rings is 1. The molecule has 1 atom stereocenters. The van der Waals surface area contributed by atoms with Gasteiger partial charge in [-0.15, -0.1) is 5.10 Å². The third kappa shape index (κ3) is 3.76. The largest absolute Gasteiger partial charge is 0.373 e. The molecule has 1 amide bonds. The van der Waals surface area contributed by atoms with Gasteiger partial charge in [-0.2, -0.15) is 0 Å². The molecule has 3 rings (SSSR count). The predicted molar refractivity (Wildman–Crippen MR) is 84.1 cm³/mol. The van der Waals surface area contributed by atoms with Gasteiger partial charge in [-0.25, -0.2) is 18.3 Å². The van der Waals surface area contributed by atoms with E-state index in [1.165, 1.54) is 19.2 Å². The molecule has 9 heteroatoms. The number of carbonyl (C=O) groups excluding carboxylic acids is 1. The first-order valence-electron chi connectivity index (χ1n) is 7.88. The van der Waals surface area contributed by atoms with Crippen molar-refractivity contribution in [3.8, 4) is 0 Å². The van der Waals surface area contributed by atoms with E-state index >= 15 is 0 Å². The third-order valence-electron chi connectivity index (χ3n) is 4.27. The Morgan fingerprint density at radius 3 is 2.88 bits per heavy atom. The van der Waals surface area contributed by atoms with Crippen molar-refractivity contribution in [1.29, 1.82) is 0 Å². The lowest BCUT2D eigenvalue weighted by atomic mass is 9.91. The van der Waals surface area contributed by atoms with Gasteiger partial charge in [0.1, 0.15) is 11.6 Å². The molecule has 134 valence electrons. The maximum atomic E-state index is 13.9. The lowest BCUT2D eigenvalue weighted by molar-refractivity contribution is 0.00489. The molecule has 0 bridgehead atoms. The quantitative estimate of drug-likeness (QED) is 0.837. The van der Waals surface area contributed by atoms with Gasteiger partial charge in [0, 0.05) is 32.7 Å². The molecule has 0 unspecified atom stereocenters. The number of nitrogens with zero attached hydrogens (tertiary/aromatic N) is 2. The van der Waals surface area contributed by atoms with Crippen LogP contribution in [-0.4, -0.2) is 39.4 Å². The van der Waals surface area contributed by atoms with Gasteiger partial charge in [0.25, 0.3) is 5.91 Å². The minimum absolute atomic E-state index is 0.103. The average molecular weight is 352 g/mol. The van der Waals surface area contributed by atoms with E-state index in [0.717, 1.165) is 17.2 Å². The molecule has 25 heavy (non-hydrogen) atoms. The topological polar surface area (TPSA) is 89.0 Å². The van der Waals surface area contributed by atoms with E-state index in [4.69, 9.17) is 4.74 Å². The highest BCUT2D eigenvalue weighted by molar-refractivity contribution is 5.90. The van der Waals surface area contributed by atoms with Crippen LogP contribution in [0.4, 0.5) is 8.78 Å². The average Bonchev–Trinajstić information content (AvgIpc) is 3.16. The molecule has 2 N–H and O–H groups in total. The molecular formula is C16H18F2N4O3. The highest BCUT2D eigenvalue weighted by atomic mass is 19.1. The summed E-state index contributed by atoms with van der Waals surface area (Å²) in [4.78, 5) is 25.8. The molecule has 1 aliphatic heterocycles. The molecule has 1 aromatic carbocycles. The van der Waals surface area contributed by atoms with Crippen molar-refractivity contribution in [3.63, 3.8) is 0 Å². The Bertz CT molecular complexity index is 840. The van der Waals surface area contributed by atoms with E-state index in [9.17, 15) is 18.4 Å². The van der Waals surface area contributed by atoms with Crippen molar-refractivity contribution in [3.05, 3.63) is 51.7 Å². The molecule has 0 spiro atoms. The molecule has 0 radical (unpaired) electrons. The lowest BCUT2D eigenvalue weighted by Crippen LogP contribution is -2.44. The molecule has 0 aliphatic carbocycles. The summed E-state index contributed by atoms with van der Waals surface area (Å²) in [5, 5.41) is 6.45. The second kappa shape index (κ2) is 6.75. The Morgan fingerprint density at radius 2 is 2.28 bits per heavy atom. The number of hydrogen-bond donors (Lipinski definition) is 2. The summed E-state index contributed by atoms with van der Waals surface area (Å²) in [7, 11) is 1.43. The van der Waals surface area contributed by atoms with Crippen LogP contribution in [0.15, 0.2) is 23.0 Å². The van der Waals surface area contributed by atoms with Gasteiger partial charge < -0.3 is 10.1 Å². The number of hydrogen-bond acceptors (Lipinski definition) is 4. The summed E-state index contributed by atoms with van der Waals surface area (Å²) >= 11 is 0. The maximum Gasteiger partial charge on any atom is 0.343 e. The molecule has 2 heterocycles. The number of ether oxygens (including phenoxy) is 1. The van der Waals surface area contributed by atoms with E-state index in [2.05, 4.69) is 15.4 Å². The monoisotopic (exact) mass is 352 g/mol. The van der Waals surface area contributed by atoms with E-state index < -0.39 is 28.8 Å². The van der Waals surface area contributed by atoms with E-state index in [1.54, 1.807) is 0 Å². The standard InChI is InChI=1S/C16H18F2N4O3/c1-22-15(24)20-13(21-22)14(23)19-9-16(5-2-6-25-16)8-10-3-4-11(17)7-12(10)18/h3-4,7H,2,5-6,8-9H2,1H3,(H,19,23)(H,20,21,24)/t16-/m1/s1. The van der Waals surface area contributed by atoms with Crippen LogP contribution in [0.25, 0.3) is 0 Å².